The van der Waals surface area contributed by atoms with E-state index < -0.39 is 5.60 Å². The van der Waals surface area contributed by atoms with Crippen LogP contribution in [0.25, 0.3) is 0 Å². The summed E-state index contributed by atoms with van der Waals surface area (Å²) in [6, 6.07) is 0.0853. The molecule has 3 fully saturated rings. The van der Waals surface area contributed by atoms with Crippen LogP contribution in [0.15, 0.2) is 0 Å². The summed E-state index contributed by atoms with van der Waals surface area (Å²) in [5, 5.41) is 2.92. The first-order valence-electron chi connectivity index (χ1n) is 9.19. The molecule has 0 unspecified atom stereocenters. The molecule has 0 atom stereocenters. The zero-order chi connectivity index (χ0) is 17.6. The van der Waals surface area contributed by atoms with Crippen molar-refractivity contribution < 1.29 is 14.3 Å². The minimum absolute atomic E-state index is 0.0853. The molecule has 2 bridgehead atoms. The topological polar surface area (TPSA) is 84.7 Å². The van der Waals surface area contributed by atoms with E-state index in [-0.39, 0.29) is 23.1 Å². The third-order valence-corrected chi connectivity index (χ3v) is 5.85. The monoisotopic (exact) mass is 337 g/mol. The molecule has 6 heteroatoms. The van der Waals surface area contributed by atoms with Crippen LogP contribution in [0.2, 0.25) is 0 Å². The highest BCUT2D eigenvalue weighted by Gasteiger charge is 2.57. The van der Waals surface area contributed by atoms with Crippen LogP contribution in [-0.2, 0) is 9.53 Å². The van der Waals surface area contributed by atoms with E-state index in [0.717, 1.165) is 44.9 Å². The summed E-state index contributed by atoms with van der Waals surface area (Å²) in [6.45, 7) is 6.98. The van der Waals surface area contributed by atoms with Gasteiger partial charge in [0, 0.05) is 24.7 Å². The lowest BCUT2D eigenvalue weighted by Gasteiger charge is -2.38. The number of hydrogen-bond donors (Lipinski definition) is 2. The second-order valence-corrected chi connectivity index (χ2v) is 9.03. The first-order valence-corrected chi connectivity index (χ1v) is 9.19. The fourth-order valence-corrected chi connectivity index (χ4v) is 4.58. The van der Waals surface area contributed by atoms with E-state index >= 15 is 0 Å². The molecule has 3 aliphatic rings. The second kappa shape index (κ2) is 5.90. The molecule has 136 valence electrons. The Hall–Kier alpha value is -1.30. The number of carbonyl (C=O) groups is 2. The normalized spacial score (nSPS) is 33.6. The fraction of sp³-hybridized carbons (Fsp3) is 0.889. The SMILES string of the molecule is CC(C)(C)OC(=O)NC1CCN(C(=O)C23CCC(N)(CC2)C3)CC1. The number of amides is 2. The number of piperidine rings is 1. The number of carbonyl (C=O) groups excluding carboxylic acids is 2. The van der Waals surface area contributed by atoms with Crippen molar-refractivity contribution in [3.8, 4) is 0 Å². The van der Waals surface area contributed by atoms with Gasteiger partial charge in [-0.15, -0.1) is 0 Å². The molecule has 0 aromatic heterocycles. The standard InChI is InChI=1S/C18H31N3O3/c1-16(2,3)24-15(23)20-13-4-10-21(11-5-13)14(22)17-6-8-18(19,12-17)9-7-17/h13H,4-12,19H2,1-3H3,(H,20,23). The van der Waals surface area contributed by atoms with Crippen molar-refractivity contribution in [3.05, 3.63) is 0 Å². The highest BCUT2D eigenvalue weighted by atomic mass is 16.6. The molecule has 1 saturated heterocycles. The first kappa shape index (κ1) is 17.5. The van der Waals surface area contributed by atoms with E-state index in [2.05, 4.69) is 5.32 Å². The number of ether oxygens (including phenoxy) is 1. The molecule has 1 aliphatic heterocycles. The van der Waals surface area contributed by atoms with Gasteiger partial charge in [-0.3, -0.25) is 4.79 Å². The maximum absolute atomic E-state index is 13.0. The van der Waals surface area contributed by atoms with Crippen molar-refractivity contribution >= 4 is 12.0 Å². The van der Waals surface area contributed by atoms with Crippen LogP contribution < -0.4 is 11.1 Å². The van der Waals surface area contributed by atoms with Crippen LogP contribution in [0.1, 0.15) is 65.7 Å². The van der Waals surface area contributed by atoms with Crippen molar-refractivity contribution in [2.75, 3.05) is 13.1 Å². The van der Waals surface area contributed by atoms with Gasteiger partial charge in [-0.2, -0.15) is 0 Å². The van der Waals surface area contributed by atoms with Gasteiger partial charge < -0.3 is 20.7 Å². The zero-order valence-electron chi connectivity index (χ0n) is 15.2. The third kappa shape index (κ3) is 3.53. The Bertz CT molecular complexity index is 510. The molecule has 3 N–H and O–H groups in total. The number of fused-ring (bicyclic) bond motifs is 2. The summed E-state index contributed by atoms with van der Waals surface area (Å²) >= 11 is 0. The summed E-state index contributed by atoms with van der Waals surface area (Å²) in [6.07, 6.45) is 5.91. The molecule has 2 amide bonds. The molecule has 0 aromatic rings. The average Bonchev–Trinajstić information content (AvgIpc) is 3.00. The lowest BCUT2D eigenvalue weighted by Crippen LogP contribution is -2.50. The minimum Gasteiger partial charge on any atom is -0.444 e. The summed E-state index contributed by atoms with van der Waals surface area (Å²) in [5.41, 5.74) is 5.58. The number of rotatable bonds is 2. The molecule has 2 aliphatic carbocycles. The Balaban J connectivity index is 1.49. The predicted molar refractivity (Wildman–Crippen MR) is 91.4 cm³/mol. The van der Waals surface area contributed by atoms with E-state index in [0.29, 0.717) is 19.0 Å². The maximum atomic E-state index is 13.0. The molecule has 0 radical (unpaired) electrons. The van der Waals surface area contributed by atoms with Crippen molar-refractivity contribution in [1.82, 2.24) is 10.2 Å². The fourth-order valence-electron chi connectivity index (χ4n) is 4.58. The van der Waals surface area contributed by atoms with Gasteiger partial charge >= 0.3 is 6.09 Å². The molecule has 0 aromatic carbocycles. The summed E-state index contributed by atoms with van der Waals surface area (Å²) < 4.78 is 5.30. The van der Waals surface area contributed by atoms with Gasteiger partial charge in [-0.1, -0.05) is 0 Å². The molecule has 0 spiro atoms. The van der Waals surface area contributed by atoms with Crippen LogP contribution in [0.5, 0.6) is 0 Å². The second-order valence-electron chi connectivity index (χ2n) is 9.03. The van der Waals surface area contributed by atoms with Crippen molar-refractivity contribution in [1.29, 1.82) is 0 Å². The molecule has 1 heterocycles. The van der Waals surface area contributed by atoms with E-state index in [1.54, 1.807) is 0 Å². The van der Waals surface area contributed by atoms with Gasteiger partial charge in [0.05, 0.1) is 5.41 Å². The number of alkyl carbamates (subject to hydrolysis) is 1. The number of nitrogens with one attached hydrogen (secondary N) is 1. The van der Waals surface area contributed by atoms with Gasteiger partial charge in [-0.05, 0) is 65.7 Å². The van der Waals surface area contributed by atoms with Gasteiger partial charge in [0.2, 0.25) is 5.91 Å². The molecular weight excluding hydrogens is 306 g/mol. The van der Waals surface area contributed by atoms with Crippen LogP contribution in [0, 0.1) is 5.41 Å². The number of nitrogens with two attached hydrogens (primary N) is 1. The molecule has 3 rings (SSSR count). The number of hydrogen-bond acceptors (Lipinski definition) is 4. The van der Waals surface area contributed by atoms with E-state index in [1.165, 1.54) is 0 Å². The molecule has 6 nitrogen and oxygen atoms in total. The van der Waals surface area contributed by atoms with E-state index in [1.807, 2.05) is 25.7 Å². The van der Waals surface area contributed by atoms with Gasteiger partial charge in [0.1, 0.15) is 5.60 Å². The summed E-state index contributed by atoms with van der Waals surface area (Å²) in [7, 11) is 0. The highest BCUT2D eigenvalue weighted by Crippen LogP contribution is 2.56. The maximum Gasteiger partial charge on any atom is 0.407 e. The van der Waals surface area contributed by atoms with Gasteiger partial charge in [-0.25, -0.2) is 4.79 Å². The summed E-state index contributed by atoms with van der Waals surface area (Å²) in [4.78, 5) is 26.8. The Morgan fingerprint density at radius 1 is 1.12 bits per heavy atom. The minimum atomic E-state index is -0.487. The van der Waals surface area contributed by atoms with Crippen LogP contribution in [0.4, 0.5) is 4.79 Å². The summed E-state index contributed by atoms with van der Waals surface area (Å²) in [5.74, 6) is 0.294. The van der Waals surface area contributed by atoms with Gasteiger partial charge in [0.15, 0.2) is 0 Å². The van der Waals surface area contributed by atoms with E-state index in [9.17, 15) is 9.59 Å². The Morgan fingerprint density at radius 2 is 1.71 bits per heavy atom. The smallest absolute Gasteiger partial charge is 0.407 e. The lowest BCUT2D eigenvalue weighted by molar-refractivity contribution is -0.142. The number of likely N-dealkylation sites (tertiary alicyclic amines) is 1. The van der Waals surface area contributed by atoms with Crippen LogP contribution in [0.3, 0.4) is 0 Å². The molecule has 24 heavy (non-hydrogen) atoms. The van der Waals surface area contributed by atoms with E-state index in [4.69, 9.17) is 10.5 Å². The highest BCUT2D eigenvalue weighted by molar-refractivity contribution is 5.84. The van der Waals surface area contributed by atoms with Crippen molar-refractivity contribution in [3.63, 3.8) is 0 Å². The van der Waals surface area contributed by atoms with Crippen molar-refractivity contribution in [2.45, 2.75) is 82.9 Å². The van der Waals surface area contributed by atoms with Crippen LogP contribution >= 0.6 is 0 Å². The Morgan fingerprint density at radius 3 is 2.17 bits per heavy atom. The lowest BCUT2D eigenvalue weighted by atomic mass is 9.82. The number of nitrogens with zero attached hydrogens (tertiary/aromatic N) is 1. The van der Waals surface area contributed by atoms with Gasteiger partial charge in [0.25, 0.3) is 0 Å². The quantitative estimate of drug-likeness (QED) is 0.809. The molecular formula is C18H31N3O3. The Kier molecular flexibility index (Phi) is 4.31. The zero-order valence-corrected chi connectivity index (χ0v) is 15.2. The third-order valence-electron chi connectivity index (χ3n) is 5.85. The van der Waals surface area contributed by atoms with Crippen LogP contribution in [-0.4, -0.2) is 47.2 Å². The Labute approximate surface area is 144 Å². The predicted octanol–water partition coefficient (Wildman–Crippen LogP) is 2.16. The van der Waals surface area contributed by atoms with Crippen molar-refractivity contribution in [2.24, 2.45) is 11.1 Å². The largest absolute Gasteiger partial charge is 0.444 e. The first-order chi connectivity index (χ1) is 11.1. The molecule has 2 saturated carbocycles. The average molecular weight is 337 g/mol.